The van der Waals surface area contributed by atoms with Crippen molar-refractivity contribution in [1.29, 1.82) is 0 Å². The standard InChI is InChI=1S/C72H147O4P/c1-7-13-19-25-31-37-40-46-52-58-64-70(61-55-49-43-34-28-22-16-10-4)67-74-77(73,75-68-71(62-56-50-44-35-29-23-17-11-5)65-59-53-47-41-38-32-26-20-14-8-2)76-69-72(63-57-51-45-36-30-24-18-12-6)66-60-54-48-42-39-33-27-21-15-9-3/h70-72H,7-69H2,1-6H3. The Hall–Kier alpha value is 0.110. The van der Waals surface area contributed by atoms with Gasteiger partial charge >= 0.3 is 7.82 Å². The second-order valence-corrected chi connectivity index (χ2v) is 27.3. The van der Waals surface area contributed by atoms with Gasteiger partial charge < -0.3 is 0 Å². The number of hydrogen-bond acceptors (Lipinski definition) is 4. The van der Waals surface area contributed by atoms with Crippen molar-refractivity contribution < 1.29 is 18.1 Å². The average Bonchev–Trinajstić information content (AvgIpc) is 3.43. The van der Waals surface area contributed by atoms with Gasteiger partial charge in [0.15, 0.2) is 0 Å². The van der Waals surface area contributed by atoms with E-state index in [2.05, 4.69) is 41.5 Å². The first-order valence-corrected chi connectivity index (χ1v) is 38.0. The minimum Gasteiger partial charge on any atom is -0.287 e. The zero-order valence-electron chi connectivity index (χ0n) is 54.4. The van der Waals surface area contributed by atoms with Crippen molar-refractivity contribution in [3.05, 3.63) is 0 Å². The quantitative estimate of drug-likeness (QED) is 0.0450. The highest BCUT2D eigenvalue weighted by atomic mass is 31.2. The number of hydrogen-bond donors (Lipinski definition) is 0. The fourth-order valence-corrected chi connectivity index (χ4v) is 13.5. The van der Waals surface area contributed by atoms with Crippen LogP contribution in [-0.2, 0) is 18.1 Å². The fourth-order valence-electron chi connectivity index (χ4n) is 12.1. The van der Waals surface area contributed by atoms with E-state index in [0.717, 1.165) is 0 Å². The molecule has 0 aromatic rings. The van der Waals surface area contributed by atoms with Gasteiger partial charge in [0.1, 0.15) is 0 Å². The highest BCUT2D eigenvalue weighted by Crippen LogP contribution is 2.51. The summed E-state index contributed by atoms with van der Waals surface area (Å²) in [4.78, 5) is 0. The van der Waals surface area contributed by atoms with E-state index in [4.69, 9.17) is 13.6 Å². The first-order valence-electron chi connectivity index (χ1n) is 36.5. The first-order chi connectivity index (χ1) is 38.0. The lowest BCUT2D eigenvalue weighted by Gasteiger charge is -2.26. The Morgan fingerprint density at radius 2 is 0.312 bits per heavy atom. The summed E-state index contributed by atoms with van der Waals surface area (Å²) >= 11 is 0. The Morgan fingerprint density at radius 3 is 0.442 bits per heavy atom. The van der Waals surface area contributed by atoms with E-state index in [1.54, 1.807) is 0 Å². The highest BCUT2D eigenvalue weighted by molar-refractivity contribution is 7.48. The summed E-state index contributed by atoms with van der Waals surface area (Å²) in [5.41, 5.74) is 0. The zero-order chi connectivity index (χ0) is 55.9. The van der Waals surface area contributed by atoms with Crippen molar-refractivity contribution in [3.63, 3.8) is 0 Å². The molecule has 0 aliphatic heterocycles. The normalized spacial score (nSPS) is 13.9. The predicted octanol–water partition coefficient (Wildman–Crippen LogP) is 27.5. The van der Waals surface area contributed by atoms with Gasteiger partial charge in [0.2, 0.25) is 0 Å². The molecule has 0 radical (unpaired) electrons. The monoisotopic (exact) mass is 1110 g/mol. The second kappa shape index (κ2) is 65.3. The Bertz CT molecular complexity index is 981. The van der Waals surface area contributed by atoms with Crippen LogP contribution < -0.4 is 0 Å². The molecule has 0 aromatic carbocycles. The average molecular weight is 1110 g/mol. The third-order valence-corrected chi connectivity index (χ3v) is 19.1. The second-order valence-electron chi connectivity index (χ2n) is 25.6. The molecule has 0 rings (SSSR count). The molecule has 3 atom stereocenters. The summed E-state index contributed by atoms with van der Waals surface area (Å²) in [5.74, 6) is 1.26. The Morgan fingerprint density at radius 1 is 0.195 bits per heavy atom. The molecule has 5 heteroatoms. The van der Waals surface area contributed by atoms with Crippen LogP contribution in [0.5, 0.6) is 0 Å². The van der Waals surface area contributed by atoms with Crippen LogP contribution in [0.25, 0.3) is 0 Å². The summed E-state index contributed by atoms with van der Waals surface area (Å²) in [6.07, 6.45) is 80.2. The number of unbranched alkanes of at least 4 members (excludes halogenated alkanes) is 48. The third-order valence-electron chi connectivity index (χ3n) is 17.7. The highest BCUT2D eigenvalue weighted by Gasteiger charge is 2.31. The maximum absolute atomic E-state index is 15.4. The van der Waals surface area contributed by atoms with Gasteiger partial charge in [-0.25, -0.2) is 4.57 Å². The molecular weight excluding hydrogens is 960 g/mol. The van der Waals surface area contributed by atoms with Gasteiger partial charge in [-0.3, -0.25) is 13.6 Å². The molecular formula is C72H147O4P. The lowest BCUT2D eigenvalue weighted by Crippen LogP contribution is -2.17. The summed E-state index contributed by atoms with van der Waals surface area (Å²) in [6, 6.07) is 0. The summed E-state index contributed by atoms with van der Waals surface area (Å²) in [5, 5.41) is 0. The molecule has 0 N–H and O–H groups in total. The van der Waals surface area contributed by atoms with Crippen LogP contribution in [-0.4, -0.2) is 19.8 Å². The van der Waals surface area contributed by atoms with Crippen LogP contribution >= 0.6 is 7.82 Å². The maximum Gasteiger partial charge on any atom is 0.474 e. The summed E-state index contributed by atoms with van der Waals surface area (Å²) < 4.78 is 35.7. The van der Waals surface area contributed by atoms with Crippen molar-refractivity contribution >= 4 is 7.82 Å². The smallest absolute Gasteiger partial charge is 0.287 e. The van der Waals surface area contributed by atoms with Crippen LogP contribution in [0.1, 0.15) is 427 Å². The molecule has 0 aliphatic carbocycles. The van der Waals surface area contributed by atoms with Crippen LogP contribution in [0.2, 0.25) is 0 Å². The first kappa shape index (κ1) is 77.1. The van der Waals surface area contributed by atoms with E-state index < -0.39 is 7.82 Å². The van der Waals surface area contributed by atoms with E-state index in [1.165, 1.54) is 385 Å². The Balaban J connectivity index is 6.18. The van der Waals surface area contributed by atoms with E-state index in [0.29, 0.717) is 37.6 Å². The lowest BCUT2D eigenvalue weighted by molar-refractivity contribution is 0.0704. The van der Waals surface area contributed by atoms with E-state index in [9.17, 15) is 0 Å². The Labute approximate surface area is 488 Å². The predicted molar refractivity (Wildman–Crippen MR) is 347 cm³/mol. The van der Waals surface area contributed by atoms with E-state index >= 15 is 4.57 Å². The van der Waals surface area contributed by atoms with Crippen molar-refractivity contribution in [2.24, 2.45) is 17.8 Å². The van der Waals surface area contributed by atoms with Crippen molar-refractivity contribution in [2.75, 3.05) is 19.8 Å². The van der Waals surface area contributed by atoms with Crippen molar-refractivity contribution in [2.45, 2.75) is 427 Å². The number of rotatable bonds is 69. The molecule has 0 saturated carbocycles. The summed E-state index contributed by atoms with van der Waals surface area (Å²) in [6.45, 7) is 15.5. The van der Waals surface area contributed by atoms with E-state index in [-0.39, 0.29) is 0 Å². The van der Waals surface area contributed by atoms with Gasteiger partial charge in [0.05, 0.1) is 19.8 Å². The van der Waals surface area contributed by atoms with Crippen LogP contribution in [0.15, 0.2) is 0 Å². The van der Waals surface area contributed by atoms with Crippen molar-refractivity contribution in [1.82, 2.24) is 0 Å². The molecule has 0 amide bonds. The molecule has 0 fully saturated rings. The third kappa shape index (κ3) is 59.1. The SMILES string of the molecule is CCCCCCCCCCCCC(CCCCCCCCCC)COP(=O)(OCC(CCCCCCCCCC)CCCCCCCCCCCC)OCC(CCCCCCCCCC)CCCCCCCCCCCC. The molecule has 0 aromatic heterocycles. The van der Waals surface area contributed by atoms with E-state index in [1.807, 2.05) is 0 Å². The van der Waals surface area contributed by atoms with Gasteiger partial charge in [-0.2, -0.15) is 0 Å². The molecule has 0 saturated heterocycles. The largest absolute Gasteiger partial charge is 0.474 e. The minimum absolute atomic E-state index is 0.421. The van der Waals surface area contributed by atoms with Crippen molar-refractivity contribution in [3.8, 4) is 0 Å². The zero-order valence-corrected chi connectivity index (χ0v) is 55.3. The lowest BCUT2D eigenvalue weighted by atomic mass is 9.94. The fraction of sp³-hybridized carbons (Fsp3) is 1.00. The molecule has 3 unspecified atom stereocenters. The summed E-state index contributed by atoms with van der Waals surface area (Å²) in [7, 11) is -3.76. The molecule has 0 aliphatic rings. The maximum atomic E-state index is 15.4. The minimum atomic E-state index is -3.76. The van der Waals surface area contributed by atoms with Gasteiger partial charge in [-0.05, 0) is 56.3 Å². The Kier molecular flexibility index (Phi) is 65.4. The molecule has 4 nitrogen and oxygen atoms in total. The number of phosphoric acid groups is 1. The topological polar surface area (TPSA) is 44.8 Å². The van der Waals surface area contributed by atoms with Gasteiger partial charge in [0.25, 0.3) is 0 Å². The number of phosphoric ester groups is 1. The molecule has 0 spiro atoms. The molecule has 77 heavy (non-hydrogen) atoms. The van der Waals surface area contributed by atoms with Crippen LogP contribution in [0.4, 0.5) is 0 Å². The molecule has 0 bridgehead atoms. The van der Waals surface area contributed by atoms with Gasteiger partial charge in [-0.1, -0.05) is 388 Å². The molecule has 464 valence electrons. The van der Waals surface area contributed by atoms with Gasteiger partial charge in [0, 0.05) is 0 Å². The van der Waals surface area contributed by atoms with Gasteiger partial charge in [-0.15, -0.1) is 0 Å². The van der Waals surface area contributed by atoms with Crippen LogP contribution in [0, 0.1) is 17.8 Å². The molecule has 0 heterocycles. The van der Waals surface area contributed by atoms with Crippen LogP contribution in [0.3, 0.4) is 0 Å².